The normalized spacial score (nSPS) is 42.0. The fourth-order valence-corrected chi connectivity index (χ4v) is 9.97. The second kappa shape index (κ2) is 25.1. The zero-order valence-corrected chi connectivity index (χ0v) is 40.6. The molecule has 3 N–H and O–H groups in total. The van der Waals surface area contributed by atoms with Gasteiger partial charge in [0.05, 0.1) is 60.8 Å². The van der Waals surface area contributed by atoms with Crippen LogP contribution < -0.4 is 0 Å². The molecule has 368 valence electrons. The molecule has 0 amide bonds. The lowest BCUT2D eigenvalue weighted by Gasteiger charge is -2.50. The van der Waals surface area contributed by atoms with Crippen LogP contribution in [0, 0.1) is 17.8 Å². The second-order valence-corrected chi connectivity index (χ2v) is 19.6. The number of ether oxygens (including phenoxy) is 8. The molecule has 2 saturated heterocycles. The van der Waals surface area contributed by atoms with E-state index in [0.717, 1.165) is 12.7 Å². The average Bonchev–Trinajstić information content (AvgIpc) is 3.19. The molecular weight excluding hydrogens is 829 g/mol. The number of aliphatic hydroxyl groups is 3. The molecule has 0 spiro atoms. The van der Waals surface area contributed by atoms with Gasteiger partial charge in [0.1, 0.15) is 30.7 Å². The van der Waals surface area contributed by atoms with Crippen LogP contribution >= 0.6 is 0 Å². The van der Waals surface area contributed by atoms with Crippen molar-refractivity contribution in [1.82, 2.24) is 9.80 Å². The zero-order chi connectivity index (χ0) is 47.5. The van der Waals surface area contributed by atoms with E-state index in [1.807, 2.05) is 64.1 Å². The Hall–Kier alpha value is -2.35. The largest absolute Gasteiger partial charge is 0.462 e. The van der Waals surface area contributed by atoms with Crippen molar-refractivity contribution in [3.05, 3.63) is 24.3 Å². The van der Waals surface area contributed by atoms with Crippen LogP contribution in [-0.4, -0.2) is 176 Å². The number of methoxy groups -OCH3 is 1. The van der Waals surface area contributed by atoms with Crippen LogP contribution in [0.25, 0.3) is 0 Å². The lowest BCUT2D eigenvalue weighted by atomic mass is 9.78. The predicted octanol–water partition coefficient (Wildman–Crippen LogP) is 4.34. The van der Waals surface area contributed by atoms with Gasteiger partial charge in [-0.3, -0.25) is 9.59 Å². The Morgan fingerprint density at radius 1 is 0.875 bits per heavy atom. The van der Waals surface area contributed by atoms with Gasteiger partial charge in [0.15, 0.2) is 12.6 Å². The van der Waals surface area contributed by atoms with Gasteiger partial charge in [0.25, 0.3) is 0 Å². The van der Waals surface area contributed by atoms with Crippen molar-refractivity contribution < 1.29 is 67.6 Å². The highest BCUT2D eigenvalue weighted by molar-refractivity contribution is 5.73. The first-order chi connectivity index (χ1) is 30.2. The molecule has 16 nitrogen and oxygen atoms in total. The van der Waals surface area contributed by atoms with Gasteiger partial charge in [-0.2, -0.15) is 0 Å². The molecule has 0 radical (unpaired) electrons. The molecule has 19 atom stereocenters. The predicted molar refractivity (Wildman–Crippen MR) is 239 cm³/mol. The number of allylic oxidation sites excluding steroid dienone is 2. The zero-order valence-electron chi connectivity index (χ0n) is 40.6. The van der Waals surface area contributed by atoms with Crippen molar-refractivity contribution >= 4 is 18.2 Å². The Morgan fingerprint density at radius 3 is 2.22 bits per heavy atom. The molecule has 64 heavy (non-hydrogen) atoms. The molecule has 16 heteroatoms. The van der Waals surface area contributed by atoms with Gasteiger partial charge >= 0.3 is 11.9 Å². The number of hydrogen-bond acceptors (Lipinski definition) is 16. The van der Waals surface area contributed by atoms with Gasteiger partial charge in [-0.25, -0.2) is 0 Å². The number of cyclic esters (lactones) is 1. The van der Waals surface area contributed by atoms with E-state index < -0.39 is 103 Å². The highest BCUT2D eigenvalue weighted by atomic mass is 16.7. The van der Waals surface area contributed by atoms with Crippen LogP contribution in [-0.2, 0) is 52.3 Å². The summed E-state index contributed by atoms with van der Waals surface area (Å²) in [4.78, 5) is 43.7. The van der Waals surface area contributed by atoms with Crippen LogP contribution in [0.3, 0.4) is 0 Å². The monoisotopic (exact) mass is 911 g/mol. The minimum atomic E-state index is -1.45. The number of rotatable bonds is 14. The molecule has 19 unspecified atom stereocenters. The van der Waals surface area contributed by atoms with Gasteiger partial charge in [-0.05, 0) is 99.3 Å². The topological polar surface area (TPSA) is 192 Å². The van der Waals surface area contributed by atoms with Crippen LogP contribution in [0.2, 0.25) is 0 Å². The van der Waals surface area contributed by atoms with Gasteiger partial charge < -0.3 is 67.8 Å². The summed E-state index contributed by atoms with van der Waals surface area (Å²) in [6, 6.07) is -0.366. The summed E-state index contributed by atoms with van der Waals surface area (Å²) in [7, 11) is 9.24. The molecule has 0 aromatic rings. The first-order valence-electron chi connectivity index (χ1n) is 23.6. The van der Waals surface area contributed by atoms with Crippen LogP contribution in [0.1, 0.15) is 113 Å². The fourth-order valence-electron chi connectivity index (χ4n) is 9.97. The number of esters is 2. The SMILES string of the molecule is CCCC(=O)OC1CC(=O)OC(C)CC=CC=CC(OC2CC(N(C)C)CC(C)O2)C(C)CC(CC=O)C(OC2CC(C)C(OC3CC(C)(O)C(O)C(C)O3)C(N(C)C)C2O)C1OC. The molecule has 0 aromatic heterocycles. The third-order valence-electron chi connectivity index (χ3n) is 13.5. The molecule has 1 aliphatic carbocycles. The van der Waals surface area contributed by atoms with E-state index in [1.165, 1.54) is 7.11 Å². The number of carbonyl (C=O) groups is 3. The van der Waals surface area contributed by atoms with Crippen LogP contribution in [0.5, 0.6) is 0 Å². The summed E-state index contributed by atoms with van der Waals surface area (Å²) in [6.45, 7) is 13.0. The van der Waals surface area contributed by atoms with E-state index in [1.54, 1.807) is 20.8 Å². The molecule has 0 bridgehead atoms. The highest BCUT2D eigenvalue weighted by Crippen LogP contribution is 2.40. The summed E-state index contributed by atoms with van der Waals surface area (Å²) in [5.74, 6) is -2.14. The fraction of sp³-hybridized carbons (Fsp3) is 0.854. The van der Waals surface area contributed by atoms with Crippen molar-refractivity contribution in [3.63, 3.8) is 0 Å². The van der Waals surface area contributed by atoms with Crippen molar-refractivity contribution in [2.45, 2.75) is 210 Å². The Bertz CT molecular complexity index is 1510. The van der Waals surface area contributed by atoms with Gasteiger partial charge in [0.2, 0.25) is 0 Å². The van der Waals surface area contributed by atoms with E-state index in [0.29, 0.717) is 32.1 Å². The third-order valence-corrected chi connectivity index (χ3v) is 13.5. The summed E-state index contributed by atoms with van der Waals surface area (Å²) in [6.07, 6.45) is 1.67. The summed E-state index contributed by atoms with van der Waals surface area (Å²) in [5.41, 5.74) is -1.45. The van der Waals surface area contributed by atoms with Crippen molar-refractivity contribution in [1.29, 1.82) is 0 Å². The molecule has 3 heterocycles. The van der Waals surface area contributed by atoms with E-state index in [9.17, 15) is 29.7 Å². The summed E-state index contributed by atoms with van der Waals surface area (Å²) >= 11 is 0. The Balaban J connectivity index is 1.77. The third kappa shape index (κ3) is 15.1. The lowest BCUT2D eigenvalue weighted by molar-refractivity contribution is -0.302. The maximum atomic E-state index is 13.6. The van der Waals surface area contributed by atoms with E-state index in [-0.39, 0.29) is 49.7 Å². The smallest absolute Gasteiger partial charge is 0.309 e. The van der Waals surface area contributed by atoms with Gasteiger partial charge in [-0.15, -0.1) is 0 Å². The van der Waals surface area contributed by atoms with E-state index in [2.05, 4.69) is 25.9 Å². The Kier molecular flexibility index (Phi) is 21.3. The van der Waals surface area contributed by atoms with Crippen LogP contribution in [0.15, 0.2) is 24.3 Å². The molecule has 4 rings (SSSR count). The minimum Gasteiger partial charge on any atom is -0.462 e. The molecule has 0 aromatic carbocycles. The van der Waals surface area contributed by atoms with E-state index in [4.69, 9.17) is 37.9 Å². The van der Waals surface area contributed by atoms with Crippen molar-refractivity contribution in [2.24, 2.45) is 17.8 Å². The van der Waals surface area contributed by atoms with E-state index >= 15 is 0 Å². The molecule has 3 aliphatic heterocycles. The lowest BCUT2D eigenvalue weighted by Crippen LogP contribution is -2.63. The second-order valence-electron chi connectivity index (χ2n) is 19.6. The quantitative estimate of drug-likeness (QED) is 0.165. The number of nitrogens with zero attached hydrogens (tertiary/aromatic N) is 2. The maximum absolute atomic E-state index is 13.6. The summed E-state index contributed by atoms with van der Waals surface area (Å²) in [5, 5.41) is 33.9. The molecular formula is C48H82N2O14. The highest BCUT2D eigenvalue weighted by Gasteiger charge is 2.51. The first kappa shape index (κ1) is 54.3. The standard InChI is InChI=1S/C48H82N2O14/c1-13-17-38(52)61-37-26-39(53)58-30(4)18-15-14-16-19-35(62-40-25-34(49(8)9)24-31(5)59-40)28(2)22-33(20-21-51)45(46(37)57-12)63-36-23-29(3)44(42(43(36)54)50(10)11)64-41-27-48(7,56)47(55)32(6)60-41/h14-16,19,21,28-37,40-47,54-56H,13,17-18,20,22-27H2,1-12H3. The van der Waals surface area contributed by atoms with Crippen molar-refractivity contribution in [3.8, 4) is 0 Å². The summed E-state index contributed by atoms with van der Waals surface area (Å²) < 4.78 is 51.0. The molecule has 1 saturated carbocycles. The Morgan fingerprint density at radius 2 is 1.59 bits per heavy atom. The van der Waals surface area contributed by atoms with Crippen molar-refractivity contribution in [2.75, 3.05) is 35.3 Å². The maximum Gasteiger partial charge on any atom is 0.309 e. The average molecular weight is 911 g/mol. The number of likely N-dealkylation sites (N-methyl/N-ethyl adjacent to an activating group) is 1. The molecule has 4 aliphatic rings. The van der Waals surface area contributed by atoms with Gasteiger partial charge in [0, 0.05) is 45.3 Å². The number of aldehydes is 1. The number of aliphatic hydroxyl groups excluding tert-OH is 2. The minimum absolute atomic E-state index is 0.0158. The number of carbonyl (C=O) groups excluding carboxylic acids is 3. The van der Waals surface area contributed by atoms with Gasteiger partial charge in [-0.1, -0.05) is 45.1 Å². The Labute approximate surface area is 382 Å². The molecule has 3 fully saturated rings. The first-order valence-corrected chi connectivity index (χ1v) is 23.6. The van der Waals surface area contributed by atoms with Crippen LogP contribution in [0.4, 0.5) is 0 Å². The number of hydrogen-bond donors (Lipinski definition) is 3.